The second-order valence-corrected chi connectivity index (χ2v) is 8.30. The van der Waals surface area contributed by atoms with Crippen LogP contribution in [0.2, 0.25) is 0 Å². The zero-order valence-corrected chi connectivity index (χ0v) is 12.3. The summed E-state index contributed by atoms with van der Waals surface area (Å²) in [5.41, 5.74) is 0.412. The van der Waals surface area contributed by atoms with Crippen LogP contribution in [0.3, 0.4) is 0 Å². The van der Waals surface area contributed by atoms with Crippen LogP contribution in [0.15, 0.2) is 64.4 Å². The molecule has 1 atom stereocenters. The zero-order valence-electron chi connectivity index (χ0n) is 10.7. The van der Waals surface area contributed by atoms with E-state index in [0.717, 1.165) is 0 Å². The van der Waals surface area contributed by atoms with Gasteiger partial charge in [0, 0.05) is 15.4 Å². The number of carbonyl (C=O) groups is 1. The number of fused-ring (bicyclic) bond motifs is 1. The van der Waals surface area contributed by atoms with Gasteiger partial charge in [-0.3, -0.25) is 4.79 Å². The molecule has 5 nitrogen and oxygen atoms in total. The van der Waals surface area contributed by atoms with Crippen LogP contribution >= 0.6 is 10.3 Å². The molecule has 0 bridgehead atoms. The van der Waals surface area contributed by atoms with Crippen molar-refractivity contribution in [3.8, 4) is 0 Å². The quantitative estimate of drug-likeness (QED) is 0.787. The van der Waals surface area contributed by atoms with E-state index in [4.69, 9.17) is 3.74 Å². The Kier molecular flexibility index (Phi) is 3.53. The molecular formula is C14H11ClO5S. The van der Waals surface area contributed by atoms with Crippen molar-refractivity contribution in [3.05, 3.63) is 60.2 Å². The lowest BCUT2D eigenvalue weighted by Crippen LogP contribution is -2.61. The molecule has 21 heavy (non-hydrogen) atoms. The van der Waals surface area contributed by atoms with Crippen LogP contribution in [0, 0.1) is 10.2 Å². The van der Waals surface area contributed by atoms with Crippen molar-refractivity contribution in [2.75, 3.05) is 5.75 Å². The molecule has 0 aromatic heterocycles. The van der Waals surface area contributed by atoms with Crippen LogP contribution in [-0.2, 0) is 3.74 Å². The number of rotatable bonds is 3. The van der Waals surface area contributed by atoms with Gasteiger partial charge < -0.3 is 0 Å². The van der Waals surface area contributed by atoms with Crippen LogP contribution < -0.4 is 14.0 Å². The molecule has 7 heteroatoms. The van der Waals surface area contributed by atoms with Gasteiger partial charge >= 0.3 is 0 Å². The fourth-order valence-corrected chi connectivity index (χ4v) is 6.73. The van der Waals surface area contributed by atoms with Gasteiger partial charge in [-0.05, 0) is 18.2 Å². The lowest BCUT2D eigenvalue weighted by atomic mass is 10.2. The summed E-state index contributed by atoms with van der Waals surface area (Å²) in [7, 11) is -7.32. The third-order valence-electron chi connectivity index (χ3n) is 3.19. The second kappa shape index (κ2) is 5.10. The van der Waals surface area contributed by atoms with Crippen molar-refractivity contribution >= 4 is 16.1 Å². The molecule has 0 saturated carbocycles. The van der Waals surface area contributed by atoms with Gasteiger partial charge in [0.1, 0.15) is 3.74 Å². The van der Waals surface area contributed by atoms with E-state index in [9.17, 15) is 18.8 Å². The lowest BCUT2D eigenvalue weighted by Gasteiger charge is -2.30. The predicted molar refractivity (Wildman–Crippen MR) is 67.3 cm³/mol. The highest BCUT2D eigenvalue weighted by Crippen LogP contribution is 2.68. The summed E-state index contributed by atoms with van der Waals surface area (Å²) in [4.78, 5) is 13.2. The number of halogens is 1. The molecule has 1 aliphatic heterocycles. The van der Waals surface area contributed by atoms with E-state index in [1.54, 1.807) is 54.6 Å². The van der Waals surface area contributed by atoms with Gasteiger partial charge in [0.25, 0.3) is 0 Å². The van der Waals surface area contributed by atoms with Crippen LogP contribution in [0.4, 0.5) is 0 Å². The van der Waals surface area contributed by atoms with E-state index in [0.29, 0.717) is 15.4 Å². The Hall–Kier alpha value is -1.41. The van der Waals surface area contributed by atoms with Gasteiger partial charge in [0.15, 0.2) is 5.78 Å². The van der Waals surface area contributed by atoms with Crippen molar-refractivity contribution in [1.82, 2.24) is 0 Å². The Morgan fingerprint density at radius 3 is 2.24 bits per heavy atom. The van der Waals surface area contributed by atoms with Crippen molar-refractivity contribution in [1.29, 1.82) is 0 Å². The normalized spacial score (nSPS) is 24.4. The highest BCUT2D eigenvalue weighted by atomic mass is 35.7. The average Bonchev–Trinajstić information content (AvgIpc) is 2.73. The van der Waals surface area contributed by atoms with Crippen molar-refractivity contribution in [3.63, 3.8) is 0 Å². The summed E-state index contributed by atoms with van der Waals surface area (Å²) < 4.78 is 38.5. The van der Waals surface area contributed by atoms with Gasteiger partial charge in [-0.2, -0.15) is 14.0 Å². The van der Waals surface area contributed by atoms with Gasteiger partial charge in [-0.15, -0.1) is 0 Å². The molecule has 2 aromatic rings. The third kappa shape index (κ3) is 2.57. The van der Waals surface area contributed by atoms with Crippen molar-refractivity contribution < 1.29 is 32.8 Å². The van der Waals surface area contributed by atoms with E-state index >= 15 is 0 Å². The minimum absolute atomic E-state index is 0.134. The Labute approximate surface area is 125 Å². The van der Waals surface area contributed by atoms with E-state index in [2.05, 4.69) is 0 Å². The maximum atomic E-state index is 12.2. The first-order valence-electron chi connectivity index (χ1n) is 6.03. The fraction of sp³-hybridized carbons (Fsp3) is 0.0714. The highest BCUT2D eigenvalue weighted by molar-refractivity contribution is 8.30. The molecule has 2 aromatic carbocycles. The first-order valence-corrected chi connectivity index (χ1v) is 8.99. The van der Waals surface area contributed by atoms with Crippen molar-refractivity contribution in [2.45, 2.75) is 9.79 Å². The van der Waals surface area contributed by atoms with Crippen LogP contribution in [0.5, 0.6) is 0 Å². The average molecular weight is 327 g/mol. The maximum absolute atomic E-state index is 12.2. The highest BCUT2D eigenvalue weighted by Gasteiger charge is 2.52. The van der Waals surface area contributed by atoms with E-state index < -0.39 is 20.6 Å². The fourth-order valence-electron chi connectivity index (χ4n) is 2.40. The molecule has 0 N–H and O–H groups in total. The Morgan fingerprint density at radius 2 is 1.57 bits per heavy atom. The minimum Gasteiger partial charge on any atom is -0.293 e. The summed E-state index contributed by atoms with van der Waals surface area (Å²) >= 11 is 0. The number of hydrogen-bond acceptors (Lipinski definition) is 5. The van der Waals surface area contributed by atoms with Gasteiger partial charge in [0.05, 0.1) is 26.3 Å². The first kappa shape index (κ1) is 14.5. The molecule has 0 radical (unpaired) electrons. The van der Waals surface area contributed by atoms with E-state index in [1.165, 1.54) is 0 Å². The molecule has 3 rings (SSSR count). The van der Waals surface area contributed by atoms with Crippen LogP contribution in [-0.4, -0.2) is 11.5 Å². The second-order valence-electron chi connectivity index (χ2n) is 4.49. The van der Waals surface area contributed by atoms with Gasteiger partial charge in [-0.1, -0.05) is 36.4 Å². The largest absolute Gasteiger partial charge is 0.293 e. The van der Waals surface area contributed by atoms with E-state index in [1.807, 2.05) is 0 Å². The molecule has 1 aliphatic rings. The molecular weight excluding hydrogens is 316 g/mol. The van der Waals surface area contributed by atoms with Crippen LogP contribution in [0.25, 0.3) is 0 Å². The minimum atomic E-state index is -4.65. The SMILES string of the molecule is O=C1CS(O[Cl+3]([O-])([O-])[O-])(c2ccccc2)c2ccccc21. The smallest absolute Gasteiger partial charge is 0.175 e. The molecule has 0 fully saturated rings. The molecule has 1 heterocycles. The Morgan fingerprint density at radius 1 is 0.952 bits per heavy atom. The Balaban J connectivity index is 2.23. The monoisotopic (exact) mass is 326 g/mol. The maximum Gasteiger partial charge on any atom is 0.175 e. The van der Waals surface area contributed by atoms with E-state index in [-0.39, 0.29) is 11.5 Å². The molecule has 110 valence electrons. The molecule has 0 amide bonds. The number of benzene rings is 2. The molecule has 1 unspecified atom stereocenters. The molecule has 0 saturated heterocycles. The summed E-state index contributed by atoms with van der Waals surface area (Å²) in [6, 6.07) is 15.2. The number of carbonyl (C=O) groups excluding carboxylic acids is 1. The predicted octanol–water partition coefficient (Wildman–Crippen LogP) is -0.0656. The number of Topliss-reactive ketones (excluding diaryl/α,β-unsaturated/α-hetero) is 1. The first-order chi connectivity index (χ1) is 9.92. The topological polar surface area (TPSA) is 95.5 Å². The standard InChI is InChI=1S/C14H11ClO5S/c16-13-10-21(20-15(17,18)19,11-6-2-1-3-7-11)14-9-5-4-8-12(13)14/h1-9H,10H2. The number of hydrogen-bond donors (Lipinski definition) is 0. The zero-order chi connectivity index (χ0) is 15.1. The Bertz CT molecular complexity index is 685. The summed E-state index contributed by atoms with van der Waals surface area (Å²) in [6.45, 7) is 0. The van der Waals surface area contributed by atoms with Crippen LogP contribution in [0.1, 0.15) is 10.4 Å². The summed E-state index contributed by atoms with van der Waals surface area (Å²) in [5.74, 6) is -0.353. The summed E-state index contributed by atoms with van der Waals surface area (Å²) in [5, 5.41) is 0. The third-order valence-corrected chi connectivity index (χ3v) is 7.43. The summed E-state index contributed by atoms with van der Waals surface area (Å²) in [6.07, 6.45) is 0. The number of ketones is 1. The molecule has 0 spiro atoms. The van der Waals surface area contributed by atoms with Gasteiger partial charge in [-0.25, -0.2) is 0 Å². The molecule has 0 aliphatic carbocycles. The van der Waals surface area contributed by atoms with Gasteiger partial charge in [0.2, 0.25) is 0 Å². The van der Waals surface area contributed by atoms with Crippen molar-refractivity contribution in [2.24, 2.45) is 0 Å². The lowest BCUT2D eigenvalue weighted by molar-refractivity contribution is -1.91.